The number of allylic oxidation sites excluding steroid dienone is 7. The number of rotatable bonds is 5. The predicted molar refractivity (Wildman–Crippen MR) is 68.5 cm³/mol. The smallest absolute Gasteiger partial charge is 0.0348 e. The molecule has 0 bridgehead atoms. The van der Waals surface area contributed by atoms with Crippen molar-refractivity contribution < 1.29 is 0 Å². The fourth-order valence-electron chi connectivity index (χ4n) is 0.769. The first-order valence-electron chi connectivity index (χ1n) is 5.29. The molecule has 0 radical (unpaired) electrons. The van der Waals surface area contributed by atoms with E-state index in [2.05, 4.69) is 18.7 Å². The van der Waals surface area contributed by atoms with Gasteiger partial charge in [-0.05, 0) is 40.0 Å². The Balaban J connectivity index is 0. The molecule has 0 spiro atoms. The molecule has 14 heavy (non-hydrogen) atoms. The van der Waals surface area contributed by atoms with Gasteiger partial charge in [0.05, 0.1) is 0 Å². The Morgan fingerprint density at radius 3 is 1.79 bits per heavy atom. The molecule has 0 heteroatoms. The van der Waals surface area contributed by atoms with Crippen LogP contribution < -0.4 is 0 Å². The van der Waals surface area contributed by atoms with Gasteiger partial charge in [0.15, 0.2) is 0 Å². The number of hydrogen-bond donors (Lipinski definition) is 0. The van der Waals surface area contributed by atoms with E-state index >= 15 is 0 Å². The van der Waals surface area contributed by atoms with Crippen molar-refractivity contribution in [3.05, 3.63) is 49.1 Å². The van der Waals surface area contributed by atoms with Gasteiger partial charge in [-0.15, -0.1) is 6.58 Å². The minimum atomic E-state index is 1.14. The van der Waals surface area contributed by atoms with E-state index in [1.807, 2.05) is 51.2 Å². The van der Waals surface area contributed by atoms with Crippen LogP contribution in [0.1, 0.15) is 40.0 Å². The lowest BCUT2D eigenvalue weighted by atomic mass is 10.2. The molecule has 0 N–H and O–H groups in total. The quantitative estimate of drug-likeness (QED) is 0.324. The zero-order valence-electron chi connectivity index (χ0n) is 9.87. The highest BCUT2D eigenvalue weighted by Gasteiger charge is 1.75. The molecule has 0 aliphatic carbocycles. The average molecular weight is 192 g/mol. The lowest BCUT2D eigenvalue weighted by molar-refractivity contribution is 0.869. The zero-order valence-corrected chi connectivity index (χ0v) is 9.87. The second kappa shape index (κ2) is 17.9. The highest BCUT2D eigenvalue weighted by Crippen LogP contribution is 1.95. The molecule has 0 nitrogen and oxygen atoms in total. The SMILES string of the molecule is C=CCCCC=CC.CC=CC=CC. The van der Waals surface area contributed by atoms with E-state index in [0.717, 1.165) is 6.42 Å². The van der Waals surface area contributed by atoms with E-state index in [4.69, 9.17) is 0 Å². The van der Waals surface area contributed by atoms with Gasteiger partial charge in [-0.25, -0.2) is 0 Å². The molecule has 0 rings (SSSR count). The van der Waals surface area contributed by atoms with E-state index in [0.29, 0.717) is 0 Å². The van der Waals surface area contributed by atoms with Gasteiger partial charge in [0.1, 0.15) is 0 Å². The summed E-state index contributed by atoms with van der Waals surface area (Å²) in [6, 6.07) is 0. The molecule has 0 saturated carbocycles. The van der Waals surface area contributed by atoms with Gasteiger partial charge in [0.2, 0.25) is 0 Å². The van der Waals surface area contributed by atoms with Gasteiger partial charge in [-0.1, -0.05) is 42.5 Å². The predicted octanol–water partition coefficient (Wildman–Crippen LogP) is 5.06. The van der Waals surface area contributed by atoms with E-state index in [9.17, 15) is 0 Å². The molecular weight excluding hydrogens is 168 g/mol. The summed E-state index contributed by atoms with van der Waals surface area (Å²) in [5, 5.41) is 0. The van der Waals surface area contributed by atoms with Crippen molar-refractivity contribution in [2.75, 3.05) is 0 Å². The maximum absolute atomic E-state index is 3.63. The van der Waals surface area contributed by atoms with E-state index in [1.165, 1.54) is 12.8 Å². The van der Waals surface area contributed by atoms with Crippen LogP contribution in [0.15, 0.2) is 49.1 Å². The van der Waals surface area contributed by atoms with Crippen LogP contribution in [0.3, 0.4) is 0 Å². The summed E-state index contributed by atoms with van der Waals surface area (Å²) in [5.41, 5.74) is 0. The van der Waals surface area contributed by atoms with Gasteiger partial charge >= 0.3 is 0 Å². The Bertz CT molecular complexity index is 160. The van der Waals surface area contributed by atoms with Crippen molar-refractivity contribution >= 4 is 0 Å². The Hall–Kier alpha value is -1.04. The van der Waals surface area contributed by atoms with Crippen LogP contribution >= 0.6 is 0 Å². The third-order valence-corrected chi connectivity index (χ3v) is 1.51. The molecule has 0 aromatic heterocycles. The Labute approximate surface area is 89.7 Å². The summed E-state index contributed by atoms with van der Waals surface area (Å²) in [6.45, 7) is 9.68. The Morgan fingerprint density at radius 2 is 1.43 bits per heavy atom. The Kier molecular flexibility index (Phi) is 19.7. The third kappa shape index (κ3) is 22.4. The van der Waals surface area contributed by atoms with Crippen molar-refractivity contribution in [1.29, 1.82) is 0 Å². The van der Waals surface area contributed by atoms with Crippen LogP contribution in [0.5, 0.6) is 0 Å². The second-order valence-electron chi connectivity index (χ2n) is 2.84. The molecule has 0 aromatic carbocycles. The summed E-state index contributed by atoms with van der Waals surface area (Å²) in [5.74, 6) is 0. The number of unbranched alkanes of at least 4 members (excludes halogenated alkanes) is 2. The normalized spacial score (nSPS) is 10.8. The second-order valence-corrected chi connectivity index (χ2v) is 2.84. The largest absolute Gasteiger partial charge is 0.103 e. The van der Waals surface area contributed by atoms with Gasteiger partial charge in [-0.3, -0.25) is 0 Å². The third-order valence-electron chi connectivity index (χ3n) is 1.51. The minimum Gasteiger partial charge on any atom is -0.103 e. The summed E-state index contributed by atoms with van der Waals surface area (Å²) >= 11 is 0. The van der Waals surface area contributed by atoms with Gasteiger partial charge in [0, 0.05) is 0 Å². The molecule has 0 aromatic rings. The summed E-state index contributed by atoms with van der Waals surface area (Å²) in [4.78, 5) is 0. The molecule has 0 heterocycles. The molecule has 0 aliphatic heterocycles. The first-order valence-corrected chi connectivity index (χ1v) is 5.29. The highest BCUT2D eigenvalue weighted by molar-refractivity contribution is 4.98. The van der Waals surface area contributed by atoms with Crippen LogP contribution in [0.2, 0.25) is 0 Å². The zero-order chi connectivity index (χ0) is 11.1. The van der Waals surface area contributed by atoms with E-state index < -0.39 is 0 Å². The van der Waals surface area contributed by atoms with Crippen LogP contribution in [0, 0.1) is 0 Å². The molecule has 80 valence electrons. The first-order chi connectivity index (χ1) is 6.83. The fourth-order valence-corrected chi connectivity index (χ4v) is 0.769. The molecule has 0 atom stereocenters. The van der Waals surface area contributed by atoms with Gasteiger partial charge < -0.3 is 0 Å². The standard InChI is InChI=1S/C8H14.C6H10/c1-3-5-7-8-6-4-2;1-3-5-6-4-2/h3-4,6H,1,5,7-8H2,2H3;3-6H,1-2H3. The van der Waals surface area contributed by atoms with Crippen LogP contribution in [-0.4, -0.2) is 0 Å². The van der Waals surface area contributed by atoms with Gasteiger partial charge in [0.25, 0.3) is 0 Å². The van der Waals surface area contributed by atoms with Crippen LogP contribution in [-0.2, 0) is 0 Å². The summed E-state index contributed by atoms with van der Waals surface area (Å²) in [6.07, 6.45) is 17.8. The van der Waals surface area contributed by atoms with Crippen LogP contribution in [0.25, 0.3) is 0 Å². The molecule has 0 unspecified atom stereocenters. The molecule has 0 aliphatic rings. The van der Waals surface area contributed by atoms with Crippen molar-refractivity contribution in [3.63, 3.8) is 0 Å². The maximum Gasteiger partial charge on any atom is -0.0348 e. The molecule has 0 fully saturated rings. The highest BCUT2D eigenvalue weighted by atomic mass is 13.8. The molecule has 0 amide bonds. The lowest BCUT2D eigenvalue weighted by Gasteiger charge is -1.85. The first kappa shape index (κ1) is 15.4. The van der Waals surface area contributed by atoms with E-state index in [1.54, 1.807) is 0 Å². The topological polar surface area (TPSA) is 0 Å². The van der Waals surface area contributed by atoms with Crippen molar-refractivity contribution in [2.24, 2.45) is 0 Å². The van der Waals surface area contributed by atoms with Crippen molar-refractivity contribution in [1.82, 2.24) is 0 Å². The molecule has 0 saturated heterocycles. The Morgan fingerprint density at radius 1 is 0.857 bits per heavy atom. The van der Waals surface area contributed by atoms with Gasteiger partial charge in [-0.2, -0.15) is 0 Å². The van der Waals surface area contributed by atoms with Crippen molar-refractivity contribution in [2.45, 2.75) is 40.0 Å². The monoisotopic (exact) mass is 192 g/mol. The lowest BCUT2D eigenvalue weighted by Crippen LogP contribution is -1.65. The fraction of sp³-hybridized carbons (Fsp3) is 0.429. The molecular formula is C14H24. The maximum atomic E-state index is 3.63. The summed E-state index contributed by atoms with van der Waals surface area (Å²) in [7, 11) is 0. The summed E-state index contributed by atoms with van der Waals surface area (Å²) < 4.78 is 0. The number of hydrogen-bond acceptors (Lipinski definition) is 0. The van der Waals surface area contributed by atoms with Crippen LogP contribution in [0.4, 0.5) is 0 Å². The minimum absolute atomic E-state index is 1.14. The van der Waals surface area contributed by atoms with Crippen molar-refractivity contribution in [3.8, 4) is 0 Å². The van der Waals surface area contributed by atoms with E-state index in [-0.39, 0.29) is 0 Å². The average Bonchev–Trinajstić information content (AvgIpc) is 2.22.